The fraction of sp³-hybridized carbons (Fsp3) is 0.200. The summed E-state index contributed by atoms with van der Waals surface area (Å²) < 4.78 is 0. The van der Waals surface area contributed by atoms with Crippen LogP contribution in [0.1, 0.15) is 12.5 Å². The summed E-state index contributed by atoms with van der Waals surface area (Å²) in [5.74, 6) is 0.305. The van der Waals surface area contributed by atoms with Crippen molar-refractivity contribution in [2.45, 2.75) is 6.92 Å². The monoisotopic (exact) mass is 163 g/mol. The van der Waals surface area contributed by atoms with Crippen LogP contribution >= 0.6 is 0 Å². The van der Waals surface area contributed by atoms with Gasteiger partial charge in [-0.05, 0) is 18.6 Å². The third kappa shape index (κ3) is 1.86. The molecule has 0 bridgehead atoms. The van der Waals surface area contributed by atoms with Gasteiger partial charge in [0, 0.05) is 12.1 Å². The van der Waals surface area contributed by atoms with E-state index in [0.29, 0.717) is 12.3 Å². The Morgan fingerprint density at radius 3 is 2.75 bits per heavy atom. The summed E-state index contributed by atoms with van der Waals surface area (Å²) in [4.78, 5) is 0. The summed E-state index contributed by atoms with van der Waals surface area (Å²) in [6.45, 7) is 2.43. The zero-order valence-electron chi connectivity index (χ0n) is 7.12. The number of benzene rings is 1. The molecule has 0 aliphatic carbocycles. The second-order valence-corrected chi connectivity index (χ2v) is 2.64. The van der Waals surface area contributed by atoms with Crippen LogP contribution in [-0.2, 0) is 0 Å². The van der Waals surface area contributed by atoms with Gasteiger partial charge in [-0.25, -0.2) is 0 Å². The molecule has 0 saturated carbocycles. The Morgan fingerprint density at radius 2 is 2.17 bits per heavy atom. The first-order valence-corrected chi connectivity index (χ1v) is 3.91. The van der Waals surface area contributed by atoms with E-state index < -0.39 is 0 Å². The van der Waals surface area contributed by atoms with E-state index in [0.717, 1.165) is 11.1 Å². The van der Waals surface area contributed by atoms with Gasteiger partial charge in [0.1, 0.15) is 5.75 Å². The van der Waals surface area contributed by atoms with Crippen LogP contribution in [0.5, 0.6) is 5.75 Å². The molecule has 0 fully saturated rings. The predicted molar refractivity (Wildman–Crippen MR) is 50.8 cm³/mol. The molecular formula is C10H13NO. The highest BCUT2D eigenvalue weighted by atomic mass is 16.3. The Bertz CT molecular complexity index is 292. The molecule has 1 aromatic rings. The number of nitrogens with two attached hydrogens (primary N) is 1. The predicted octanol–water partition coefficient (Wildman–Crippen LogP) is 1.75. The van der Waals surface area contributed by atoms with Crippen molar-refractivity contribution in [1.82, 2.24) is 0 Å². The van der Waals surface area contributed by atoms with Crippen molar-refractivity contribution >= 4 is 5.57 Å². The smallest absolute Gasteiger partial charge is 0.123 e. The van der Waals surface area contributed by atoms with Crippen molar-refractivity contribution in [3.8, 4) is 5.75 Å². The number of allylic oxidation sites excluding steroid dienone is 1. The minimum Gasteiger partial charge on any atom is -0.507 e. The van der Waals surface area contributed by atoms with Crippen molar-refractivity contribution in [3.63, 3.8) is 0 Å². The third-order valence-corrected chi connectivity index (χ3v) is 1.75. The molecule has 12 heavy (non-hydrogen) atoms. The van der Waals surface area contributed by atoms with E-state index >= 15 is 0 Å². The Balaban J connectivity index is 3.02. The SMILES string of the molecule is C/C(=C/CN)c1ccccc1O. The first kappa shape index (κ1) is 8.81. The average Bonchev–Trinajstić information content (AvgIpc) is 2.05. The standard InChI is InChI=1S/C10H13NO/c1-8(6-7-11)9-4-2-3-5-10(9)12/h2-6,12H,7,11H2,1H3/b8-6-. The molecule has 0 aliphatic rings. The molecule has 1 aromatic carbocycles. The Hall–Kier alpha value is -1.28. The zero-order chi connectivity index (χ0) is 8.97. The normalized spacial score (nSPS) is 11.7. The van der Waals surface area contributed by atoms with Gasteiger partial charge < -0.3 is 10.8 Å². The number of phenols is 1. The maximum Gasteiger partial charge on any atom is 0.123 e. The molecule has 0 amide bonds. The van der Waals surface area contributed by atoms with Crippen molar-refractivity contribution in [2.75, 3.05) is 6.54 Å². The minimum absolute atomic E-state index is 0.305. The molecule has 64 valence electrons. The topological polar surface area (TPSA) is 46.2 Å². The first-order chi connectivity index (χ1) is 5.75. The molecule has 0 saturated heterocycles. The van der Waals surface area contributed by atoms with Crippen molar-refractivity contribution in [1.29, 1.82) is 0 Å². The largest absolute Gasteiger partial charge is 0.507 e. The van der Waals surface area contributed by atoms with E-state index in [2.05, 4.69) is 0 Å². The maximum absolute atomic E-state index is 9.43. The minimum atomic E-state index is 0.305. The molecule has 2 nitrogen and oxygen atoms in total. The zero-order valence-corrected chi connectivity index (χ0v) is 7.12. The lowest BCUT2D eigenvalue weighted by atomic mass is 10.1. The summed E-state index contributed by atoms with van der Waals surface area (Å²) in [6, 6.07) is 7.23. The summed E-state index contributed by atoms with van der Waals surface area (Å²) in [6.07, 6.45) is 1.88. The molecule has 0 heterocycles. The molecule has 0 radical (unpaired) electrons. The second kappa shape index (κ2) is 3.93. The molecule has 3 N–H and O–H groups in total. The van der Waals surface area contributed by atoms with Crippen LogP contribution in [0.4, 0.5) is 0 Å². The Labute approximate surface area is 72.3 Å². The lowest BCUT2D eigenvalue weighted by Gasteiger charge is -2.03. The molecule has 0 spiro atoms. The summed E-state index contributed by atoms with van der Waals surface area (Å²) in [5.41, 5.74) is 7.22. The molecular weight excluding hydrogens is 150 g/mol. The van der Waals surface area contributed by atoms with Crippen molar-refractivity contribution in [3.05, 3.63) is 35.9 Å². The van der Waals surface area contributed by atoms with E-state index in [9.17, 15) is 5.11 Å². The Kier molecular flexibility index (Phi) is 2.88. The van der Waals surface area contributed by atoms with Crippen LogP contribution < -0.4 is 5.73 Å². The van der Waals surface area contributed by atoms with E-state index in [1.807, 2.05) is 25.1 Å². The number of aromatic hydroxyl groups is 1. The van der Waals surface area contributed by atoms with Gasteiger partial charge in [-0.2, -0.15) is 0 Å². The lowest BCUT2D eigenvalue weighted by molar-refractivity contribution is 0.473. The molecule has 0 aliphatic heterocycles. The third-order valence-electron chi connectivity index (χ3n) is 1.75. The first-order valence-electron chi connectivity index (χ1n) is 3.91. The number of hydrogen-bond acceptors (Lipinski definition) is 2. The highest BCUT2D eigenvalue weighted by Gasteiger charge is 1.99. The van der Waals surface area contributed by atoms with Gasteiger partial charge in [0.05, 0.1) is 0 Å². The summed E-state index contributed by atoms with van der Waals surface area (Å²) in [5, 5.41) is 9.43. The highest BCUT2D eigenvalue weighted by molar-refractivity contribution is 5.68. The maximum atomic E-state index is 9.43. The van der Waals surface area contributed by atoms with E-state index in [4.69, 9.17) is 5.73 Å². The quantitative estimate of drug-likeness (QED) is 0.697. The van der Waals surface area contributed by atoms with Gasteiger partial charge in [0.15, 0.2) is 0 Å². The second-order valence-electron chi connectivity index (χ2n) is 2.64. The van der Waals surface area contributed by atoms with Crippen LogP contribution in [0.2, 0.25) is 0 Å². The fourth-order valence-corrected chi connectivity index (χ4v) is 1.09. The lowest BCUT2D eigenvalue weighted by Crippen LogP contribution is -1.94. The van der Waals surface area contributed by atoms with E-state index in [1.54, 1.807) is 12.1 Å². The summed E-state index contributed by atoms with van der Waals surface area (Å²) >= 11 is 0. The van der Waals surface area contributed by atoms with Gasteiger partial charge >= 0.3 is 0 Å². The van der Waals surface area contributed by atoms with Gasteiger partial charge in [-0.3, -0.25) is 0 Å². The molecule has 1 rings (SSSR count). The van der Waals surface area contributed by atoms with E-state index in [-0.39, 0.29) is 0 Å². The highest BCUT2D eigenvalue weighted by Crippen LogP contribution is 2.23. The van der Waals surface area contributed by atoms with Crippen LogP contribution in [0.15, 0.2) is 30.3 Å². The van der Waals surface area contributed by atoms with Gasteiger partial charge in [0.2, 0.25) is 0 Å². The molecule has 0 unspecified atom stereocenters. The molecule has 2 heteroatoms. The van der Waals surface area contributed by atoms with Gasteiger partial charge in [0.25, 0.3) is 0 Å². The molecule has 0 aromatic heterocycles. The van der Waals surface area contributed by atoms with Gasteiger partial charge in [-0.1, -0.05) is 24.3 Å². The van der Waals surface area contributed by atoms with Crippen LogP contribution in [-0.4, -0.2) is 11.7 Å². The van der Waals surface area contributed by atoms with Crippen molar-refractivity contribution < 1.29 is 5.11 Å². The van der Waals surface area contributed by atoms with Gasteiger partial charge in [-0.15, -0.1) is 0 Å². The fourth-order valence-electron chi connectivity index (χ4n) is 1.09. The number of hydrogen-bond donors (Lipinski definition) is 2. The van der Waals surface area contributed by atoms with Crippen LogP contribution in [0.25, 0.3) is 5.57 Å². The Morgan fingerprint density at radius 1 is 1.50 bits per heavy atom. The number of rotatable bonds is 2. The van der Waals surface area contributed by atoms with Crippen LogP contribution in [0.3, 0.4) is 0 Å². The number of para-hydroxylation sites is 1. The summed E-state index contributed by atoms with van der Waals surface area (Å²) in [7, 11) is 0. The molecule has 0 atom stereocenters. The average molecular weight is 163 g/mol. The number of phenolic OH excluding ortho intramolecular Hbond substituents is 1. The van der Waals surface area contributed by atoms with E-state index in [1.165, 1.54) is 0 Å². The van der Waals surface area contributed by atoms with Crippen LogP contribution in [0, 0.1) is 0 Å². The van der Waals surface area contributed by atoms with Crippen molar-refractivity contribution in [2.24, 2.45) is 5.73 Å².